The molecule has 3 amide bonds. The Morgan fingerprint density at radius 2 is 1.94 bits per heavy atom. The molecule has 0 spiro atoms. The van der Waals surface area contributed by atoms with Gasteiger partial charge in [-0.15, -0.1) is 0 Å². The number of nitro groups is 1. The fourth-order valence-electron chi connectivity index (χ4n) is 3.85. The fourth-order valence-corrected chi connectivity index (χ4v) is 3.85. The summed E-state index contributed by atoms with van der Waals surface area (Å²) in [6, 6.07) is 11.6. The minimum Gasteiger partial charge on any atom is -0.466 e. The maximum atomic E-state index is 12.8. The van der Waals surface area contributed by atoms with E-state index in [1.54, 1.807) is 48.2 Å². The van der Waals surface area contributed by atoms with Crippen LogP contribution in [0.4, 0.5) is 16.2 Å². The molecule has 2 aromatic carbocycles. The highest BCUT2D eigenvalue weighted by atomic mass is 16.6. The number of benzene rings is 2. The Hall–Kier alpha value is -4.47. The predicted molar refractivity (Wildman–Crippen MR) is 135 cm³/mol. The first-order valence-electron chi connectivity index (χ1n) is 11.5. The molecule has 1 atom stereocenters. The van der Waals surface area contributed by atoms with Gasteiger partial charge in [0, 0.05) is 36.1 Å². The van der Waals surface area contributed by atoms with Crippen LogP contribution in [-0.4, -0.2) is 41.4 Å². The van der Waals surface area contributed by atoms with Crippen molar-refractivity contribution in [3.8, 4) is 0 Å². The van der Waals surface area contributed by atoms with Crippen molar-refractivity contribution < 1.29 is 24.0 Å². The lowest BCUT2D eigenvalue weighted by Gasteiger charge is -2.35. The minimum atomic E-state index is -0.740. The maximum absolute atomic E-state index is 12.8. The van der Waals surface area contributed by atoms with E-state index >= 15 is 0 Å². The van der Waals surface area contributed by atoms with Crippen LogP contribution in [0.3, 0.4) is 0 Å². The second-order valence-electron chi connectivity index (χ2n) is 8.18. The van der Waals surface area contributed by atoms with Gasteiger partial charge in [-0.2, -0.15) is 0 Å². The summed E-state index contributed by atoms with van der Waals surface area (Å²) in [4.78, 5) is 49.7. The zero-order valence-electron chi connectivity index (χ0n) is 20.3. The Bertz CT molecular complexity index is 1220. The topological polar surface area (TPSA) is 131 Å². The number of methoxy groups -OCH3 is 1. The number of rotatable bonds is 9. The molecular formula is C26H28N4O6. The maximum Gasteiger partial charge on any atom is 0.337 e. The van der Waals surface area contributed by atoms with Crippen LogP contribution in [0.25, 0.3) is 6.08 Å². The van der Waals surface area contributed by atoms with E-state index in [2.05, 4.69) is 10.6 Å². The zero-order valence-corrected chi connectivity index (χ0v) is 20.3. The number of unbranched alkanes of at least 4 members (excludes halogenated alkanes) is 1. The van der Waals surface area contributed by atoms with Gasteiger partial charge < -0.3 is 15.4 Å². The molecule has 10 heteroatoms. The Morgan fingerprint density at radius 1 is 1.22 bits per heavy atom. The summed E-state index contributed by atoms with van der Waals surface area (Å²) in [7, 11) is 1.29. The number of non-ortho nitro benzene ring substituents is 1. The van der Waals surface area contributed by atoms with E-state index in [1.807, 2.05) is 6.92 Å². The van der Waals surface area contributed by atoms with Gasteiger partial charge in [0.25, 0.3) is 5.69 Å². The monoisotopic (exact) mass is 492 g/mol. The van der Waals surface area contributed by atoms with Crippen LogP contribution in [0.2, 0.25) is 0 Å². The van der Waals surface area contributed by atoms with Crippen molar-refractivity contribution >= 4 is 35.4 Å². The number of nitrogens with zero attached hydrogens (tertiary/aromatic N) is 2. The number of ether oxygens (including phenoxy) is 1. The van der Waals surface area contributed by atoms with Crippen LogP contribution in [0.1, 0.15) is 43.9 Å². The molecule has 2 N–H and O–H groups in total. The molecule has 0 bridgehead atoms. The molecule has 1 heterocycles. The van der Waals surface area contributed by atoms with Crippen molar-refractivity contribution in [3.05, 3.63) is 87.1 Å². The third kappa shape index (κ3) is 6.15. The van der Waals surface area contributed by atoms with E-state index in [0.717, 1.165) is 12.8 Å². The normalized spacial score (nSPS) is 15.6. The number of allylic oxidation sites excluding steroid dienone is 1. The average Bonchev–Trinajstić information content (AvgIpc) is 2.87. The Kier molecular flexibility index (Phi) is 8.56. The minimum absolute atomic E-state index is 0.0349. The van der Waals surface area contributed by atoms with Crippen LogP contribution in [0.5, 0.6) is 0 Å². The first kappa shape index (κ1) is 26.1. The largest absolute Gasteiger partial charge is 0.466 e. The molecule has 1 aliphatic heterocycles. The van der Waals surface area contributed by atoms with Gasteiger partial charge in [0.2, 0.25) is 5.91 Å². The summed E-state index contributed by atoms with van der Waals surface area (Å²) in [6.45, 7) is 4.23. The molecule has 0 fully saturated rings. The number of anilines is 1. The number of carbonyl (C=O) groups is 3. The van der Waals surface area contributed by atoms with Crippen molar-refractivity contribution in [2.24, 2.45) is 0 Å². The molecule has 0 unspecified atom stereocenters. The van der Waals surface area contributed by atoms with Crippen LogP contribution >= 0.6 is 0 Å². The standard InChI is InChI=1S/C26H28N4O6/c1-4-5-15-29-17(2)23(25(32)36-3)24(28-26(29)33)19-7-6-8-20(16-19)27-22(31)14-11-18-9-12-21(13-10-18)30(34)35/h6-14,16,24H,4-5,15H2,1-3H3,(H,27,31)(H,28,33)/b14-11+/t24-/m0/s1. The van der Waals surface area contributed by atoms with Crippen molar-refractivity contribution in [1.29, 1.82) is 0 Å². The third-order valence-electron chi connectivity index (χ3n) is 5.76. The Morgan fingerprint density at radius 3 is 2.58 bits per heavy atom. The van der Waals surface area contributed by atoms with Gasteiger partial charge in [-0.25, -0.2) is 9.59 Å². The van der Waals surface area contributed by atoms with E-state index in [0.29, 0.717) is 34.6 Å². The summed E-state index contributed by atoms with van der Waals surface area (Å²) in [5.41, 5.74) is 2.53. The van der Waals surface area contributed by atoms with E-state index in [-0.39, 0.29) is 11.7 Å². The zero-order chi connectivity index (χ0) is 26.2. The number of carbonyl (C=O) groups excluding carboxylic acids is 3. The van der Waals surface area contributed by atoms with Crippen molar-refractivity contribution in [2.75, 3.05) is 19.0 Å². The van der Waals surface area contributed by atoms with Gasteiger partial charge in [0.05, 0.1) is 23.6 Å². The first-order valence-corrected chi connectivity index (χ1v) is 11.5. The Balaban J connectivity index is 1.80. The van der Waals surface area contributed by atoms with Gasteiger partial charge in [0.15, 0.2) is 0 Å². The number of hydrogen-bond acceptors (Lipinski definition) is 6. The van der Waals surface area contributed by atoms with Gasteiger partial charge in [-0.05, 0) is 54.8 Å². The second-order valence-corrected chi connectivity index (χ2v) is 8.18. The van der Waals surface area contributed by atoms with Crippen molar-refractivity contribution in [1.82, 2.24) is 10.2 Å². The van der Waals surface area contributed by atoms with Gasteiger partial charge >= 0.3 is 12.0 Å². The van der Waals surface area contributed by atoms with Gasteiger partial charge in [-0.3, -0.25) is 19.8 Å². The predicted octanol–water partition coefficient (Wildman–Crippen LogP) is 4.56. The van der Waals surface area contributed by atoms with E-state index in [1.165, 1.54) is 31.4 Å². The molecule has 10 nitrogen and oxygen atoms in total. The number of esters is 1. The fraction of sp³-hybridized carbons (Fsp3) is 0.269. The Labute approximate surface area is 208 Å². The second kappa shape index (κ2) is 11.8. The van der Waals surface area contributed by atoms with Gasteiger partial charge in [0.1, 0.15) is 0 Å². The molecule has 2 aromatic rings. The lowest BCUT2D eigenvalue weighted by Crippen LogP contribution is -2.48. The number of amides is 3. The third-order valence-corrected chi connectivity index (χ3v) is 5.76. The van der Waals surface area contributed by atoms with E-state index in [4.69, 9.17) is 4.74 Å². The highest BCUT2D eigenvalue weighted by molar-refractivity contribution is 6.02. The molecule has 0 aliphatic carbocycles. The smallest absolute Gasteiger partial charge is 0.337 e. The van der Waals surface area contributed by atoms with Crippen molar-refractivity contribution in [2.45, 2.75) is 32.7 Å². The van der Waals surface area contributed by atoms with E-state index in [9.17, 15) is 24.5 Å². The molecule has 0 radical (unpaired) electrons. The quantitative estimate of drug-likeness (QED) is 0.228. The number of nitro benzene ring substituents is 1. The summed E-state index contributed by atoms with van der Waals surface area (Å²) in [5.74, 6) is -0.955. The number of hydrogen-bond donors (Lipinski definition) is 2. The summed E-state index contributed by atoms with van der Waals surface area (Å²) in [5, 5.41) is 16.4. The lowest BCUT2D eigenvalue weighted by molar-refractivity contribution is -0.384. The van der Waals surface area contributed by atoms with Crippen LogP contribution < -0.4 is 10.6 Å². The molecule has 0 saturated carbocycles. The van der Waals surface area contributed by atoms with E-state index < -0.39 is 22.8 Å². The number of nitrogens with one attached hydrogen (secondary N) is 2. The highest BCUT2D eigenvalue weighted by Crippen LogP contribution is 2.32. The first-order chi connectivity index (χ1) is 17.2. The average molecular weight is 493 g/mol. The molecule has 3 rings (SSSR count). The molecular weight excluding hydrogens is 464 g/mol. The highest BCUT2D eigenvalue weighted by Gasteiger charge is 2.36. The summed E-state index contributed by atoms with van der Waals surface area (Å²) >= 11 is 0. The van der Waals surface area contributed by atoms with Crippen LogP contribution in [-0.2, 0) is 14.3 Å². The van der Waals surface area contributed by atoms with Crippen LogP contribution in [0, 0.1) is 10.1 Å². The number of urea groups is 1. The molecule has 188 valence electrons. The lowest BCUT2D eigenvalue weighted by atomic mass is 9.94. The SMILES string of the molecule is CCCCN1C(=O)N[C@@H](c2cccc(NC(=O)/C=C/c3ccc([N+](=O)[O-])cc3)c2)C(C(=O)OC)=C1C. The molecule has 36 heavy (non-hydrogen) atoms. The molecule has 0 saturated heterocycles. The van der Waals surface area contributed by atoms with Gasteiger partial charge in [-0.1, -0.05) is 25.5 Å². The van der Waals surface area contributed by atoms with Crippen molar-refractivity contribution in [3.63, 3.8) is 0 Å². The summed E-state index contributed by atoms with van der Waals surface area (Å²) in [6.07, 6.45) is 4.54. The molecule has 0 aromatic heterocycles. The molecule has 1 aliphatic rings. The summed E-state index contributed by atoms with van der Waals surface area (Å²) < 4.78 is 5.00. The van der Waals surface area contributed by atoms with Crippen LogP contribution in [0.15, 0.2) is 65.9 Å².